The van der Waals surface area contributed by atoms with Crippen LogP contribution in [0.3, 0.4) is 0 Å². The number of hydrogen-bond donors (Lipinski definition) is 1. The highest BCUT2D eigenvalue weighted by Gasteiger charge is 2.27. The zero-order chi connectivity index (χ0) is 16.4. The molecule has 0 bridgehead atoms. The smallest absolute Gasteiger partial charge is 0.133 e. The fourth-order valence-corrected chi connectivity index (χ4v) is 2.90. The van der Waals surface area contributed by atoms with E-state index >= 15 is 0 Å². The van der Waals surface area contributed by atoms with Gasteiger partial charge in [0.05, 0.1) is 11.7 Å². The van der Waals surface area contributed by atoms with Gasteiger partial charge in [0.1, 0.15) is 11.6 Å². The third kappa shape index (κ3) is 3.39. The van der Waals surface area contributed by atoms with Crippen molar-refractivity contribution in [3.05, 3.63) is 83.0 Å². The molecule has 4 rings (SSSR count). The Kier molecular flexibility index (Phi) is 4.13. The number of rotatable bonds is 5. The Hall–Kier alpha value is -2.46. The van der Waals surface area contributed by atoms with E-state index in [0.29, 0.717) is 10.9 Å². The number of nitrogens with zero attached hydrogens (tertiary/aromatic N) is 3. The highest BCUT2D eigenvalue weighted by Crippen LogP contribution is 2.38. The van der Waals surface area contributed by atoms with Gasteiger partial charge in [-0.1, -0.05) is 29.8 Å². The molecule has 2 heterocycles. The first-order valence-electron chi connectivity index (χ1n) is 8.05. The van der Waals surface area contributed by atoms with Gasteiger partial charge in [-0.25, -0.2) is 9.97 Å². The molecule has 1 saturated carbocycles. The number of benzene rings is 1. The van der Waals surface area contributed by atoms with Crippen LogP contribution in [0.5, 0.6) is 0 Å². The Balaban J connectivity index is 1.69. The fourth-order valence-electron chi connectivity index (χ4n) is 2.70. The first-order valence-corrected chi connectivity index (χ1v) is 8.43. The topological polar surface area (TPSA) is 50.7 Å². The fraction of sp³-hybridized carbons (Fsp3) is 0.211. The van der Waals surface area contributed by atoms with Crippen LogP contribution < -0.4 is 5.32 Å². The van der Waals surface area contributed by atoms with Crippen LogP contribution in [0.4, 0.5) is 5.82 Å². The van der Waals surface area contributed by atoms with Crippen molar-refractivity contribution in [2.45, 2.75) is 24.8 Å². The minimum Gasteiger partial charge on any atom is -0.357 e. The molecule has 0 aliphatic heterocycles. The largest absolute Gasteiger partial charge is 0.357 e. The van der Waals surface area contributed by atoms with Crippen molar-refractivity contribution in [2.24, 2.45) is 0 Å². The zero-order valence-corrected chi connectivity index (χ0v) is 13.8. The van der Waals surface area contributed by atoms with E-state index in [-0.39, 0.29) is 6.04 Å². The second-order valence-electron chi connectivity index (χ2n) is 5.96. The van der Waals surface area contributed by atoms with E-state index in [2.05, 4.69) is 20.3 Å². The summed E-state index contributed by atoms with van der Waals surface area (Å²) in [5.74, 6) is 2.25. The van der Waals surface area contributed by atoms with E-state index in [4.69, 9.17) is 11.6 Å². The third-order valence-corrected chi connectivity index (χ3v) is 4.31. The minimum atomic E-state index is -0.119. The Labute approximate surface area is 146 Å². The van der Waals surface area contributed by atoms with Crippen LogP contribution in [0.15, 0.2) is 60.9 Å². The van der Waals surface area contributed by atoms with Gasteiger partial charge < -0.3 is 5.32 Å². The Bertz CT molecular complexity index is 834. The Morgan fingerprint density at radius 1 is 1.00 bits per heavy atom. The molecule has 3 aromatic rings. The zero-order valence-electron chi connectivity index (χ0n) is 13.1. The van der Waals surface area contributed by atoms with Crippen LogP contribution in [0.25, 0.3) is 0 Å². The summed E-state index contributed by atoms with van der Waals surface area (Å²) in [5.41, 5.74) is 1.97. The van der Waals surface area contributed by atoms with Crippen molar-refractivity contribution in [2.75, 3.05) is 5.32 Å². The molecule has 0 amide bonds. The third-order valence-electron chi connectivity index (χ3n) is 4.07. The van der Waals surface area contributed by atoms with Crippen molar-refractivity contribution in [1.82, 2.24) is 15.0 Å². The second kappa shape index (κ2) is 6.57. The first-order chi connectivity index (χ1) is 11.8. The summed E-state index contributed by atoms with van der Waals surface area (Å²) < 4.78 is 0. The maximum Gasteiger partial charge on any atom is 0.133 e. The molecule has 1 aliphatic rings. The highest BCUT2D eigenvalue weighted by atomic mass is 35.5. The van der Waals surface area contributed by atoms with Crippen molar-refractivity contribution >= 4 is 17.4 Å². The van der Waals surface area contributed by atoms with E-state index in [0.717, 1.165) is 22.9 Å². The molecule has 1 N–H and O–H groups in total. The lowest BCUT2D eigenvalue weighted by Crippen LogP contribution is -2.15. The van der Waals surface area contributed by atoms with Crippen LogP contribution >= 0.6 is 11.6 Å². The molecule has 0 saturated heterocycles. The number of anilines is 1. The predicted octanol–water partition coefficient (Wildman–Crippen LogP) is 4.60. The van der Waals surface area contributed by atoms with Gasteiger partial charge in [-0.3, -0.25) is 4.98 Å². The molecule has 1 aromatic carbocycles. The molecule has 0 radical (unpaired) electrons. The minimum absolute atomic E-state index is 0.119. The summed E-state index contributed by atoms with van der Waals surface area (Å²) in [4.78, 5) is 13.5. The predicted molar refractivity (Wildman–Crippen MR) is 95.2 cm³/mol. The molecule has 1 unspecified atom stereocenters. The molecule has 2 aromatic heterocycles. The lowest BCUT2D eigenvalue weighted by molar-refractivity contribution is 0.859. The molecule has 5 heteroatoms. The van der Waals surface area contributed by atoms with Crippen LogP contribution in [-0.4, -0.2) is 15.0 Å². The molecule has 4 nitrogen and oxygen atoms in total. The van der Waals surface area contributed by atoms with Gasteiger partial charge >= 0.3 is 0 Å². The molecule has 1 atom stereocenters. The van der Waals surface area contributed by atoms with Crippen LogP contribution in [0.1, 0.15) is 41.9 Å². The van der Waals surface area contributed by atoms with Crippen LogP contribution in [0.2, 0.25) is 5.02 Å². The number of pyridine rings is 1. The maximum absolute atomic E-state index is 6.18. The summed E-state index contributed by atoms with van der Waals surface area (Å²) in [6, 6.07) is 15.5. The van der Waals surface area contributed by atoms with Crippen LogP contribution in [0, 0.1) is 0 Å². The van der Waals surface area contributed by atoms with E-state index in [1.54, 1.807) is 6.20 Å². The summed E-state index contributed by atoms with van der Waals surface area (Å²) in [7, 11) is 0. The first kappa shape index (κ1) is 15.1. The maximum atomic E-state index is 6.18. The number of nitrogens with one attached hydrogen (secondary N) is 1. The van der Waals surface area contributed by atoms with E-state index < -0.39 is 0 Å². The van der Waals surface area contributed by atoms with E-state index in [1.165, 1.54) is 12.8 Å². The average molecular weight is 337 g/mol. The monoisotopic (exact) mass is 336 g/mol. The molecule has 0 spiro atoms. The summed E-state index contributed by atoms with van der Waals surface area (Å²) in [6.45, 7) is 0. The van der Waals surface area contributed by atoms with Crippen LogP contribution in [-0.2, 0) is 0 Å². The molecular formula is C19H17ClN4. The standard InChI is InChI=1S/C19H17ClN4/c20-15-5-3-4-14(12-15)18(16-6-1-2-10-21-16)23-17-9-11-22-19(24-17)13-7-8-13/h1-6,9-13,18H,7-8H2,(H,22,23,24). The van der Waals surface area contributed by atoms with Gasteiger partial charge in [0.2, 0.25) is 0 Å². The van der Waals surface area contributed by atoms with Crippen molar-refractivity contribution < 1.29 is 0 Å². The lowest BCUT2D eigenvalue weighted by atomic mass is 10.0. The van der Waals surface area contributed by atoms with Gasteiger partial charge in [-0.15, -0.1) is 0 Å². The number of aromatic nitrogens is 3. The highest BCUT2D eigenvalue weighted by molar-refractivity contribution is 6.30. The van der Waals surface area contributed by atoms with E-state index in [1.807, 2.05) is 54.7 Å². The summed E-state index contributed by atoms with van der Waals surface area (Å²) in [5, 5.41) is 4.19. The Morgan fingerprint density at radius 3 is 2.67 bits per heavy atom. The molecule has 24 heavy (non-hydrogen) atoms. The van der Waals surface area contributed by atoms with Crippen molar-refractivity contribution in [3.8, 4) is 0 Å². The van der Waals surface area contributed by atoms with Crippen molar-refractivity contribution in [1.29, 1.82) is 0 Å². The molecule has 1 aliphatic carbocycles. The van der Waals surface area contributed by atoms with Gasteiger partial charge in [-0.2, -0.15) is 0 Å². The quantitative estimate of drug-likeness (QED) is 0.739. The number of halogens is 1. The SMILES string of the molecule is Clc1cccc(C(Nc2ccnc(C3CC3)n2)c2ccccn2)c1. The lowest BCUT2D eigenvalue weighted by Gasteiger charge is -2.20. The average Bonchev–Trinajstić information content (AvgIpc) is 3.46. The Morgan fingerprint density at radius 2 is 1.92 bits per heavy atom. The molecule has 120 valence electrons. The molecule has 1 fully saturated rings. The van der Waals surface area contributed by atoms with Gasteiger partial charge in [0.25, 0.3) is 0 Å². The van der Waals surface area contributed by atoms with E-state index in [9.17, 15) is 0 Å². The van der Waals surface area contributed by atoms with Gasteiger partial charge in [0.15, 0.2) is 0 Å². The number of hydrogen-bond acceptors (Lipinski definition) is 4. The summed E-state index contributed by atoms with van der Waals surface area (Å²) in [6.07, 6.45) is 5.98. The summed E-state index contributed by atoms with van der Waals surface area (Å²) >= 11 is 6.18. The van der Waals surface area contributed by atoms with Gasteiger partial charge in [0, 0.05) is 23.3 Å². The van der Waals surface area contributed by atoms with Gasteiger partial charge in [-0.05, 0) is 48.7 Å². The second-order valence-corrected chi connectivity index (χ2v) is 6.40. The normalized spacial score (nSPS) is 15.0. The van der Waals surface area contributed by atoms with Crippen molar-refractivity contribution in [3.63, 3.8) is 0 Å². The molecular weight excluding hydrogens is 320 g/mol.